The number of aromatic hydroxyl groups is 1. The van der Waals surface area contributed by atoms with E-state index in [-0.39, 0.29) is 17.6 Å². The first kappa shape index (κ1) is 17.1. The van der Waals surface area contributed by atoms with Crippen molar-refractivity contribution >= 4 is 22.8 Å². The molecule has 0 saturated carbocycles. The molecule has 0 unspecified atom stereocenters. The van der Waals surface area contributed by atoms with Crippen molar-refractivity contribution in [2.75, 3.05) is 13.7 Å². The first-order valence-electron chi connectivity index (χ1n) is 8.77. The van der Waals surface area contributed by atoms with Crippen LogP contribution in [0.15, 0.2) is 30.5 Å². The average molecular weight is 368 g/mol. The van der Waals surface area contributed by atoms with Crippen LogP contribution in [0, 0.1) is 0 Å². The number of carbonyl (C=O) groups excluding carboxylic acids is 2. The number of aromatic amines is 1. The lowest BCUT2D eigenvalue weighted by molar-refractivity contribution is -0.140. The lowest BCUT2D eigenvalue weighted by Crippen LogP contribution is -2.39. The highest BCUT2D eigenvalue weighted by Gasteiger charge is 2.25. The van der Waals surface area contributed by atoms with E-state index in [1.807, 2.05) is 6.07 Å². The van der Waals surface area contributed by atoms with E-state index in [0.717, 1.165) is 17.0 Å². The van der Waals surface area contributed by atoms with Crippen molar-refractivity contribution in [1.29, 1.82) is 0 Å². The molecule has 0 bridgehead atoms. The van der Waals surface area contributed by atoms with Gasteiger partial charge in [0.2, 0.25) is 0 Å². The van der Waals surface area contributed by atoms with Crippen LogP contribution in [0.4, 0.5) is 0 Å². The van der Waals surface area contributed by atoms with E-state index in [9.17, 15) is 14.7 Å². The number of fused-ring (bicyclic) bond motifs is 2. The quantitative estimate of drug-likeness (QED) is 0.685. The first-order chi connectivity index (χ1) is 13.1. The molecule has 140 valence electrons. The Bertz CT molecular complexity index is 1020. The zero-order chi connectivity index (χ0) is 19.0. The second-order valence-corrected chi connectivity index (χ2v) is 6.54. The summed E-state index contributed by atoms with van der Waals surface area (Å²) in [6.45, 7) is 1.58. The molecule has 4 rings (SSSR count). The van der Waals surface area contributed by atoms with Crippen LogP contribution < -0.4 is 0 Å². The Kier molecular flexibility index (Phi) is 4.31. The summed E-state index contributed by atoms with van der Waals surface area (Å²) in [4.78, 5) is 33.4. The summed E-state index contributed by atoms with van der Waals surface area (Å²) in [7, 11) is 1.38. The molecule has 1 amide bonds. The molecule has 8 heteroatoms. The first-order valence-corrected chi connectivity index (χ1v) is 8.77. The van der Waals surface area contributed by atoms with Gasteiger partial charge in [-0.15, -0.1) is 0 Å². The van der Waals surface area contributed by atoms with E-state index < -0.39 is 0 Å². The van der Waals surface area contributed by atoms with Gasteiger partial charge in [0.05, 0.1) is 20.1 Å². The maximum absolute atomic E-state index is 12.9. The highest BCUT2D eigenvalue weighted by molar-refractivity contribution is 5.99. The minimum absolute atomic E-state index is 0.129. The normalized spacial score (nSPS) is 13.6. The van der Waals surface area contributed by atoms with Gasteiger partial charge < -0.3 is 24.3 Å². The number of imidazole rings is 1. The molecule has 8 nitrogen and oxygen atoms in total. The molecule has 0 atom stereocenters. The number of hydrogen-bond acceptors (Lipinski definition) is 5. The Balaban J connectivity index is 1.50. The Morgan fingerprint density at radius 3 is 2.96 bits per heavy atom. The summed E-state index contributed by atoms with van der Waals surface area (Å²) in [5, 5.41) is 10.6. The van der Waals surface area contributed by atoms with Crippen LogP contribution in [0.3, 0.4) is 0 Å². The number of phenolic OH excluding ortho intramolecular Hbond substituents is 1. The molecule has 1 aromatic carbocycles. The fourth-order valence-electron chi connectivity index (χ4n) is 3.45. The van der Waals surface area contributed by atoms with Crippen molar-refractivity contribution in [2.45, 2.75) is 25.9 Å². The number of aromatic nitrogens is 3. The number of nitrogens with zero attached hydrogens (tertiary/aromatic N) is 3. The molecule has 0 saturated heterocycles. The monoisotopic (exact) mass is 368 g/mol. The van der Waals surface area contributed by atoms with E-state index in [0.29, 0.717) is 43.6 Å². The highest BCUT2D eigenvalue weighted by atomic mass is 16.5. The van der Waals surface area contributed by atoms with Crippen LogP contribution in [0.5, 0.6) is 5.75 Å². The number of aryl methyl sites for hydroxylation is 1. The standard InChI is InChI=1S/C19H20N4O4/c1-27-18(25)6-5-12-10-20-17-11-22(7-8-23(12)17)19(26)15-9-13-14(21-15)3-2-4-16(13)24/h2-4,9-10,21,24H,5-8,11H2,1H3. The van der Waals surface area contributed by atoms with Gasteiger partial charge in [-0.05, 0) is 24.6 Å². The Hall–Kier alpha value is -3.29. The Morgan fingerprint density at radius 2 is 2.19 bits per heavy atom. The SMILES string of the molecule is COC(=O)CCc1cnc2n1CCN(C(=O)c1cc3c(O)cccc3[nH]1)C2. The molecule has 0 fully saturated rings. The molecule has 0 spiro atoms. The zero-order valence-corrected chi connectivity index (χ0v) is 14.9. The van der Waals surface area contributed by atoms with Crippen LogP contribution in [0.2, 0.25) is 0 Å². The van der Waals surface area contributed by atoms with Gasteiger partial charge in [-0.3, -0.25) is 9.59 Å². The second-order valence-electron chi connectivity index (χ2n) is 6.54. The molecule has 2 aromatic heterocycles. The van der Waals surface area contributed by atoms with E-state index >= 15 is 0 Å². The number of amides is 1. The molecule has 27 heavy (non-hydrogen) atoms. The zero-order valence-electron chi connectivity index (χ0n) is 14.9. The molecule has 3 aromatic rings. The van der Waals surface area contributed by atoms with Gasteiger partial charge in [0, 0.05) is 35.9 Å². The molecule has 1 aliphatic rings. The lowest BCUT2D eigenvalue weighted by atomic mass is 10.2. The third-order valence-corrected chi connectivity index (χ3v) is 4.92. The maximum Gasteiger partial charge on any atom is 0.305 e. The molecule has 3 heterocycles. The number of benzene rings is 1. The van der Waals surface area contributed by atoms with E-state index in [4.69, 9.17) is 0 Å². The lowest BCUT2D eigenvalue weighted by Gasteiger charge is -2.28. The number of hydrogen-bond donors (Lipinski definition) is 2. The number of methoxy groups -OCH3 is 1. The van der Waals surface area contributed by atoms with Crippen LogP contribution in [0.25, 0.3) is 10.9 Å². The summed E-state index contributed by atoms with van der Waals surface area (Å²) >= 11 is 0. The number of rotatable bonds is 4. The van der Waals surface area contributed by atoms with Gasteiger partial charge in [-0.1, -0.05) is 6.07 Å². The van der Waals surface area contributed by atoms with Crippen LogP contribution in [0.1, 0.15) is 28.4 Å². The molecule has 0 radical (unpaired) electrons. The molecule has 0 aliphatic carbocycles. The van der Waals surface area contributed by atoms with Crippen molar-refractivity contribution in [2.24, 2.45) is 0 Å². The van der Waals surface area contributed by atoms with E-state index in [2.05, 4.69) is 19.3 Å². The predicted octanol–water partition coefficient (Wildman–Crippen LogP) is 1.83. The van der Waals surface area contributed by atoms with Crippen LogP contribution in [-0.2, 0) is 29.0 Å². The molecule has 1 aliphatic heterocycles. The second kappa shape index (κ2) is 6.79. The third-order valence-electron chi connectivity index (χ3n) is 4.92. The van der Waals surface area contributed by atoms with E-state index in [1.165, 1.54) is 7.11 Å². The van der Waals surface area contributed by atoms with Crippen molar-refractivity contribution in [3.8, 4) is 5.75 Å². The van der Waals surface area contributed by atoms with Crippen LogP contribution >= 0.6 is 0 Å². The van der Waals surface area contributed by atoms with Gasteiger partial charge in [0.15, 0.2) is 0 Å². The minimum Gasteiger partial charge on any atom is -0.507 e. The fourth-order valence-corrected chi connectivity index (χ4v) is 3.45. The summed E-state index contributed by atoms with van der Waals surface area (Å²) in [5.41, 5.74) is 2.14. The van der Waals surface area contributed by atoms with Crippen molar-refractivity contribution < 1.29 is 19.4 Å². The Morgan fingerprint density at radius 1 is 1.33 bits per heavy atom. The summed E-state index contributed by atoms with van der Waals surface area (Å²) < 4.78 is 6.74. The number of nitrogens with one attached hydrogen (secondary N) is 1. The van der Waals surface area contributed by atoms with E-state index in [1.54, 1.807) is 29.3 Å². The maximum atomic E-state index is 12.9. The van der Waals surface area contributed by atoms with Crippen molar-refractivity contribution in [1.82, 2.24) is 19.4 Å². The molecular weight excluding hydrogens is 348 g/mol. The molecule has 2 N–H and O–H groups in total. The van der Waals surface area contributed by atoms with Gasteiger partial charge in [-0.2, -0.15) is 0 Å². The number of ether oxygens (including phenoxy) is 1. The number of H-pyrrole nitrogens is 1. The van der Waals surface area contributed by atoms with Gasteiger partial charge in [0.25, 0.3) is 5.91 Å². The number of phenols is 1. The fraction of sp³-hybridized carbons (Fsp3) is 0.316. The topological polar surface area (TPSA) is 100 Å². The summed E-state index contributed by atoms with van der Waals surface area (Å²) in [5.74, 6) is 0.567. The largest absolute Gasteiger partial charge is 0.507 e. The number of carbonyl (C=O) groups is 2. The summed E-state index contributed by atoms with van der Waals surface area (Å²) in [6, 6.07) is 6.83. The minimum atomic E-state index is -0.250. The van der Waals surface area contributed by atoms with Crippen molar-refractivity contribution in [3.05, 3.63) is 47.7 Å². The average Bonchev–Trinajstić information content (AvgIpc) is 3.30. The predicted molar refractivity (Wildman–Crippen MR) is 97.3 cm³/mol. The number of esters is 1. The Labute approximate surface area is 155 Å². The van der Waals surface area contributed by atoms with Crippen LogP contribution in [-0.4, -0.2) is 50.1 Å². The van der Waals surface area contributed by atoms with Gasteiger partial charge in [-0.25, -0.2) is 4.98 Å². The van der Waals surface area contributed by atoms with Gasteiger partial charge >= 0.3 is 5.97 Å². The summed E-state index contributed by atoms with van der Waals surface area (Å²) in [6.07, 6.45) is 2.63. The van der Waals surface area contributed by atoms with Crippen molar-refractivity contribution in [3.63, 3.8) is 0 Å². The van der Waals surface area contributed by atoms with Gasteiger partial charge in [0.1, 0.15) is 17.3 Å². The smallest absolute Gasteiger partial charge is 0.305 e. The highest BCUT2D eigenvalue weighted by Crippen LogP contribution is 2.26. The third kappa shape index (κ3) is 3.14. The molecular formula is C19H20N4O4.